The number of nitrogens with one attached hydrogen (secondary N) is 2. The number of halogens is 3. The first-order valence-electron chi connectivity index (χ1n) is 9.73. The van der Waals surface area contributed by atoms with Crippen LogP contribution in [-0.2, 0) is 6.54 Å². The third kappa shape index (κ3) is 3.87. The summed E-state index contributed by atoms with van der Waals surface area (Å²) >= 11 is 0. The van der Waals surface area contributed by atoms with E-state index in [1.165, 1.54) is 10.8 Å². The number of fused-ring (bicyclic) bond motifs is 1. The molecule has 1 aromatic heterocycles. The number of methoxy groups -OCH3 is 1. The summed E-state index contributed by atoms with van der Waals surface area (Å²) in [5, 5.41) is 5.45. The highest BCUT2D eigenvalue weighted by molar-refractivity contribution is 6.07. The van der Waals surface area contributed by atoms with Crippen LogP contribution in [0.25, 0.3) is 10.9 Å². The second kappa shape index (κ2) is 8.39. The van der Waals surface area contributed by atoms with Gasteiger partial charge in [0.15, 0.2) is 0 Å². The van der Waals surface area contributed by atoms with Crippen molar-refractivity contribution >= 4 is 16.8 Å². The predicted molar refractivity (Wildman–Crippen MR) is 108 cm³/mol. The van der Waals surface area contributed by atoms with Crippen LogP contribution in [0.2, 0.25) is 0 Å². The molecule has 158 valence electrons. The number of amides is 1. The van der Waals surface area contributed by atoms with Crippen LogP contribution in [-0.4, -0.2) is 42.9 Å². The van der Waals surface area contributed by atoms with Gasteiger partial charge in [-0.2, -0.15) is 0 Å². The quantitative estimate of drug-likeness (QED) is 0.669. The molecule has 2 N–H and O–H groups in total. The molecule has 3 aromatic rings. The normalized spacial score (nSPS) is 19.1. The molecule has 4 rings (SSSR count). The van der Waals surface area contributed by atoms with Gasteiger partial charge in [0.25, 0.3) is 5.91 Å². The van der Waals surface area contributed by atoms with Crippen molar-refractivity contribution in [1.82, 2.24) is 15.2 Å². The summed E-state index contributed by atoms with van der Waals surface area (Å²) in [4.78, 5) is 12.9. The molecular weight excluding hydrogens is 395 g/mol. The summed E-state index contributed by atoms with van der Waals surface area (Å²) < 4.78 is 50.0. The molecule has 8 heteroatoms. The molecular formula is C22H22F3N3O2. The molecule has 1 saturated heterocycles. The maximum absolute atomic E-state index is 14.6. The lowest BCUT2D eigenvalue weighted by Gasteiger charge is -2.27. The van der Waals surface area contributed by atoms with E-state index in [0.29, 0.717) is 18.7 Å². The highest BCUT2D eigenvalue weighted by Crippen LogP contribution is 2.28. The Morgan fingerprint density at radius 3 is 2.63 bits per heavy atom. The number of ether oxygens (including phenoxy) is 1. The molecule has 2 unspecified atom stereocenters. The van der Waals surface area contributed by atoms with Gasteiger partial charge in [0, 0.05) is 19.3 Å². The number of carbonyl (C=O) groups is 1. The SMILES string of the molecule is COc1ccc(Cn2cc(C(=O)NC3CCNCC3F)c3c(F)ccc(F)c32)cc1. The van der Waals surface area contributed by atoms with Crippen LogP contribution in [0.1, 0.15) is 22.3 Å². The predicted octanol–water partition coefficient (Wildman–Crippen LogP) is 3.41. The van der Waals surface area contributed by atoms with Crippen molar-refractivity contribution in [1.29, 1.82) is 0 Å². The van der Waals surface area contributed by atoms with E-state index in [1.807, 2.05) is 12.1 Å². The van der Waals surface area contributed by atoms with Crippen molar-refractivity contribution in [2.75, 3.05) is 20.2 Å². The van der Waals surface area contributed by atoms with Gasteiger partial charge in [-0.05, 0) is 42.8 Å². The Hall–Kier alpha value is -3.00. The van der Waals surface area contributed by atoms with Crippen LogP contribution < -0.4 is 15.4 Å². The van der Waals surface area contributed by atoms with Crippen molar-refractivity contribution in [3.63, 3.8) is 0 Å². The molecule has 1 aliphatic rings. The minimum atomic E-state index is -1.24. The van der Waals surface area contributed by atoms with Crippen LogP contribution in [0, 0.1) is 11.6 Å². The van der Waals surface area contributed by atoms with Crippen molar-refractivity contribution in [2.24, 2.45) is 0 Å². The van der Waals surface area contributed by atoms with Gasteiger partial charge in [-0.3, -0.25) is 4.79 Å². The zero-order valence-corrected chi connectivity index (χ0v) is 16.4. The molecule has 0 spiro atoms. The van der Waals surface area contributed by atoms with Crippen LogP contribution >= 0.6 is 0 Å². The van der Waals surface area contributed by atoms with Crippen LogP contribution in [0.5, 0.6) is 5.75 Å². The van der Waals surface area contributed by atoms with Crippen molar-refractivity contribution in [3.05, 3.63) is 65.4 Å². The molecule has 1 aliphatic heterocycles. The summed E-state index contributed by atoms with van der Waals surface area (Å²) in [6.45, 7) is 0.952. The lowest BCUT2D eigenvalue weighted by atomic mass is 10.0. The van der Waals surface area contributed by atoms with Crippen molar-refractivity contribution < 1.29 is 22.7 Å². The third-order valence-electron chi connectivity index (χ3n) is 5.40. The number of aromatic nitrogens is 1. The van der Waals surface area contributed by atoms with Crippen LogP contribution in [0.15, 0.2) is 42.6 Å². The Bertz CT molecular complexity index is 1070. The second-order valence-electron chi connectivity index (χ2n) is 7.36. The lowest BCUT2D eigenvalue weighted by Crippen LogP contribution is -2.50. The fraction of sp³-hybridized carbons (Fsp3) is 0.318. The zero-order valence-electron chi connectivity index (χ0n) is 16.4. The van der Waals surface area contributed by atoms with Gasteiger partial charge < -0.3 is 19.9 Å². The summed E-state index contributed by atoms with van der Waals surface area (Å²) in [6, 6.07) is 8.52. The Balaban J connectivity index is 1.71. The standard InChI is InChI=1S/C22H22F3N3O2/c1-30-14-4-2-13(3-5-14)11-28-12-15(20-16(23)6-7-17(24)21(20)28)22(29)27-19-8-9-26-10-18(19)25/h2-7,12,18-19,26H,8-11H2,1H3,(H,27,29). The smallest absolute Gasteiger partial charge is 0.253 e. The summed E-state index contributed by atoms with van der Waals surface area (Å²) in [5.41, 5.74) is 0.810. The molecule has 0 saturated carbocycles. The average molecular weight is 417 g/mol. The van der Waals surface area contributed by atoms with E-state index in [0.717, 1.165) is 17.7 Å². The molecule has 0 bridgehead atoms. The summed E-state index contributed by atoms with van der Waals surface area (Å²) in [5.74, 6) is -1.28. The number of benzene rings is 2. The van der Waals surface area contributed by atoms with E-state index in [9.17, 15) is 18.0 Å². The van der Waals surface area contributed by atoms with Gasteiger partial charge >= 0.3 is 0 Å². The van der Waals surface area contributed by atoms with E-state index in [4.69, 9.17) is 4.74 Å². The number of rotatable bonds is 5. The van der Waals surface area contributed by atoms with E-state index in [-0.39, 0.29) is 29.6 Å². The van der Waals surface area contributed by atoms with Crippen molar-refractivity contribution in [3.8, 4) is 5.75 Å². The average Bonchev–Trinajstić information content (AvgIpc) is 3.13. The minimum Gasteiger partial charge on any atom is -0.497 e. The first-order chi connectivity index (χ1) is 14.5. The molecule has 0 radical (unpaired) electrons. The number of piperidine rings is 1. The fourth-order valence-corrected chi connectivity index (χ4v) is 3.82. The number of hydrogen-bond acceptors (Lipinski definition) is 3. The monoisotopic (exact) mass is 417 g/mol. The van der Waals surface area contributed by atoms with Gasteiger partial charge in [0.2, 0.25) is 0 Å². The highest BCUT2D eigenvalue weighted by atomic mass is 19.1. The Labute approximate surface area is 171 Å². The van der Waals surface area contributed by atoms with E-state index < -0.39 is 29.8 Å². The topological polar surface area (TPSA) is 55.3 Å². The Kier molecular flexibility index (Phi) is 5.67. The van der Waals surface area contributed by atoms with Gasteiger partial charge in [-0.15, -0.1) is 0 Å². The van der Waals surface area contributed by atoms with Crippen molar-refractivity contribution in [2.45, 2.75) is 25.2 Å². The van der Waals surface area contributed by atoms with E-state index >= 15 is 0 Å². The lowest BCUT2D eigenvalue weighted by molar-refractivity contribution is 0.0893. The van der Waals surface area contributed by atoms with Gasteiger partial charge in [0.05, 0.1) is 29.6 Å². The largest absolute Gasteiger partial charge is 0.497 e. The number of nitrogens with zero attached hydrogens (tertiary/aromatic N) is 1. The van der Waals surface area contributed by atoms with Gasteiger partial charge in [-0.25, -0.2) is 13.2 Å². The van der Waals surface area contributed by atoms with E-state index in [1.54, 1.807) is 19.2 Å². The molecule has 0 aliphatic carbocycles. The van der Waals surface area contributed by atoms with Gasteiger partial charge in [-0.1, -0.05) is 12.1 Å². The molecule has 2 atom stereocenters. The maximum Gasteiger partial charge on any atom is 0.253 e. The third-order valence-corrected chi connectivity index (χ3v) is 5.40. The number of carbonyl (C=O) groups excluding carboxylic acids is 1. The van der Waals surface area contributed by atoms with Crippen LogP contribution in [0.3, 0.4) is 0 Å². The zero-order chi connectivity index (χ0) is 21.3. The summed E-state index contributed by atoms with van der Waals surface area (Å²) in [7, 11) is 1.56. The second-order valence-corrected chi connectivity index (χ2v) is 7.36. The molecule has 2 heterocycles. The number of alkyl halides is 1. The Morgan fingerprint density at radius 2 is 1.93 bits per heavy atom. The van der Waals surface area contributed by atoms with E-state index in [2.05, 4.69) is 10.6 Å². The first kappa shape index (κ1) is 20.3. The maximum atomic E-state index is 14.6. The highest BCUT2D eigenvalue weighted by Gasteiger charge is 2.28. The fourth-order valence-electron chi connectivity index (χ4n) is 3.82. The molecule has 1 amide bonds. The Morgan fingerprint density at radius 1 is 1.20 bits per heavy atom. The minimum absolute atomic E-state index is 0.00178. The first-order valence-corrected chi connectivity index (χ1v) is 9.73. The number of hydrogen-bond donors (Lipinski definition) is 2. The molecule has 5 nitrogen and oxygen atoms in total. The molecule has 30 heavy (non-hydrogen) atoms. The van der Waals surface area contributed by atoms with Crippen LogP contribution in [0.4, 0.5) is 13.2 Å². The van der Waals surface area contributed by atoms with Gasteiger partial charge in [0.1, 0.15) is 23.6 Å². The molecule has 1 fully saturated rings. The molecule has 2 aromatic carbocycles. The summed E-state index contributed by atoms with van der Waals surface area (Å²) in [6.07, 6.45) is 0.607.